The molecule has 4 aromatic rings. The number of allylic oxidation sites excluding steroid dienone is 1. The van der Waals surface area contributed by atoms with Crippen molar-refractivity contribution in [1.82, 2.24) is 0 Å². The Bertz CT molecular complexity index is 1540. The van der Waals surface area contributed by atoms with E-state index >= 15 is 0 Å². The Balaban J connectivity index is 0.00000168. The molecule has 0 heterocycles. The van der Waals surface area contributed by atoms with Crippen LogP contribution in [0.1, 0.15) is 58.2 Å². The molecule has 192 valence electrons. The Morgan fingerprint density at radius 1 is 0.789 bits per heavy atom. The number of benzene rings is 4. The zero-order valence-electron chi connectivity index (χ0n) is 22.8. The fraction of sp³-hybridized carbons (Fsp3) is 0.235. The molecule has 38 heavy (non-hydrogen) atoms. The maximum absolute atomic E-state index is 2.57. The van der Waals surface area contributed by atoms with Gasteiger partial charge in [-0.05, 0) is 0 Å². The largest absolute Gasteiger partial charge is 1.00 e. The third kappa shape index (κ3) is 4.88. The predicted molar refractivity (Wildman–Crippen MR) is 155 cm³/mol. The summed E-state index contributed by atoms with van der Waals surface area (Å²) in [5.74, 6) is -0.201. The summed E-state index contributed by atoms with van der Waals surface area (Å²) in [6.07, 6.45) is 4.75. The van der Waals surface area contributed by atoms with Crippen molar-refractivity contribution < 1.29 is 47.2 Å². The molecule has 2 aliphatic carbocycles. The normalized spacial score (nSPS) is 14.6. The number of aryl methyl sites for hydroxylation is 1. The van der Waals surface area contributed by atoms with Crippen LogP contribution in [-0.2, 0) is 28.8 Å². The van der Waals surface area contributed by atoms with Crippen LogP contribution in [0.25, 0.3) is 28.3 Å². The zero-order chi connectivity index (χ0) is 25.0. The monoisotopic (exact) mass is 630 g/mol. The van der Waals surface area contributed by atoms with Gasteiger partial charge >= 0.3 is 230 Å². The maximum atomic E-state index is 2.57. The minimum absolute atomic E-state index is 0. The Labute approximate surface area is 252 Å². The number of halogens is 2. The Hall–Kier alpha value is -1.70. The molecule has 0 nitrogen and oxygen atoms in total. The molecule has 0 spiro atoms. The van der Waals surface area contributed by atoms with Crippen molar-refractivity contribution in [3.05, 3.63) is 117 Å². The van der Waals surface area contributed by atoms with Gasteiger partial charge in [0.05, 0.1) is 0 Å². The van der Waals surface area contributed by atoms with Crippen molar-refractivity contribution in [2.75, 3.05) is 0 Å². The van der Waals surface area contributed by atoms with Crippen molar-refractivity contribution in [1.29, 1.82) is 0 Å². The standard InChI is InChI=1S/C32H27.C2H7Si.2ClH.Zr/c1-4-22-18-30-26(24-13-7-10-20(2)21(24)3)14-8-16-28(30)32(22)29-17-9-15-27-25-12-6-5-11-23(25)19-31(27)29;1-3-2;;;/h5-16,18,32H,4,19H2,1-3H3;3H,1-2H3;2*1H;/q;;;;+2/p-2. The summed E-state index contributed by atoms with van der Waals surface area (Å²) < 4.78 is 1.76. The van der Waals surface area contributed by atoms with E-state index in [4.69, 9.17) is 0 Å². The van der Waals surface area contributed by atoms with E-state index in [1.54, 1.807) is 20.0 Å². The first kappa shape index (κ1) is 29.3. The van der Waals surface area contributed by atoms with Gasteiger partial charge < -0.3 is 24.8 Å². The van der Waals surface area contributed by atoms with E-state index < -0.39 is 28.3 Å². The van der Waals surface area contributed by atoms with Crippen LogP contribution >= 0.6 is 0 Å². The van der Waals surface area contributed by atoms with Crippen LogP contribution in [-0.4, -0.2) is 5.92 Å². The fourth-order valence-corrected chi connectivity index (χ4v) is 14.6. The molecule has 1 unspecified atom stereocenters. The summed E-state index contributed by atoms with van der Waals surface area (Å²) in [4.78, 5) is 0. The number of rotatable bonds is 5. The van der Waals surface area contributed by atoms with Crippen LogP contribution in [0, 0.1) is 13.8 Å². The van der Waals surface area contributed by atoms with Gasteiger partial charge in [-0.2, -0.15) is 0 Å². The van der Waals surface area contributed by atoms with Crippen LogP contribution in [0.15, 0.2) is 78.4 Å². The number of hydrogen-bond donors (Lipinski definition) is 0. The van der Waals surface area contributed by atoms with Crippen molar-refractivity contribution in [2.45, 2.75) is 52.6 Å². The molecule has 0 saturated heterocycles. The zero-order valence-corrected chi connectivity index (χ0v) is 28.0. The quantitative estimate of drug-likeness (QED) is 0.261. The van der Waals surface area contributed by atoms with E-state index in [9.17, 15) is 0 Å². The van der Waals surface area contributed by atoms with Gasteiger partial charge in [-0.25, -0.2) is 0 Å². The van der Waals surface area contributed by atoms with Gasteiger partial charge in [-0.3, -0.25) is 0 Å². The molecule has 2 aliphatic rings. The molecular weight excluding hydrogens is 599 g/mol. The Morgan fingerprint density at radius 2 is 1.50 bits per heavy atom. The summed E-state index contributed by atoms with van der Waals surface area (Å²) >= 11 is -0.570. The van der Waals surface area contributed by atoms with Gasteiger partial charge in [0, 0.05) is 0 Å². The topological polar surface area (TPSA) is 0 Å². The summed E-state index contributed by atoms with van der Waals surface area (Å²) in [7, 11) is 0. The van der Waals surface area contributed by atoms with Gasteiger partial charge in [0.2, 0.25) is 0 Å². The summed E-state index contributed by atoms with van der Waals surface area (Å²) in [6, 6.07) is 27.9. The average Bonchev–Trinajstić information content (AvgIpc) is 3.43. The van der Waals surface area contributed by atoms with E-state index in [-0.39, 0.29) is 24.8 Å². The molecule has 0 bridgehead atoms. The molecule has 0 aromatic heterocycles. The Morgan fingerprint density at radius 3 is 2.26 bits per heavy atom. The van der Waals surface area contributed by atoms with E-state index in [0.29, 0.717) is 5.92 Å². The second kappa shape index (κ2) is 11.8. The molecule has 0 N–H and O–H groups in total. The van der Waals surface area contributed by atoms with Gasteiger partial charge in [0.15, 0.2) is 0 Å². The first-order valence-electron chi connectivity index (χ1n) is 13.4. The first-order valence-corrected chi connectivity index (χ1v) is 21.8. The van der Waals surface area contributed by atoms with Gasteiger partial charge in [0.25, 0.3) is 0 Å². The Kier molecular flexibility index (Phi) is 9.10. The fourth-order valence-electron chi connectivity index (χ4n) is 6.39. The summed E-state index contributed by atoms with van der Waals surface area (Å²) in [5.41, 5.74) is 17.9. The molecule has 4 heteroatoms. The van der Waals surface area contributed by atoms with Crippen molar-refractivity contribution in [3.63, 3.8) is 0 Å². The molecule has 1 atom stereocenters. The molecule has 0 aliphatic heterocycles. The number of hydrogen-bond acceptors (Lipinski definition) is 0. The minimum Gasteiger partial charge on any atom is -1.00 e. The van der Waals surface area contributed by atoms with Gasteiger partial charge in [-0.15, -0.1) is 0 Å². The molecule has 0 radical (unpaired) electrons. The third-order valence-corrected chi connectivity index (χ3v) is 16.7. The van der Waals surface area contributed by atoms with E-state index in [0.717, 1.165) is 12.8 Å². The van der Waals surface area contributed by atoms with Crippen molar-refractivity contribution >= 4 is 15.3 Å². The summed E-state index contributed by atoms with van der Waals surface area (Å²) in [5, 5.41) is 0. The molecule has 0 amide bonds. The average molecular weight is 633 g/mol. The van der Waals surface area contributed by atoms with Crippen LogP contribution in [0.2, 0.25) is 13.1 Å². The molecule has 4 aromatic carbocycles. The first-order chi connectivity index (χ1) is 17.5. The van der Waals surface area contributed by atoms with Gasteiger partial charge in [0.1, 0.15) is 0 Å². The van der Waals surface area contributed by atoms with Gasteiger partial charge in [-0.1, -0.05) is 0 Å². The van der Waals surface area contributed by atoms with Crippen molar-refractivity contribution in [2.24, 2.45) is 0 Å². The molecular formula is C34H34Cl2SiZr. The maximum Gasteiger partial charge on any atom is -1.00 e. The number of fused-ring (bicyclic) bond motifs is 4. The van der Waals surface area contributed by atoms with Crippen LogP contribution in [0.5, 0.6) is 0 Å². The minimum atomic E-state index is -0.607. The third-order valence-electron chi connectivity index (χ3n) is 8.22. The summed E-state index contributed by atoms with van der Waals surface area (Å²) in [6.45, 7) is 12.0. The van der Waals surface area contributed by atoms with E-state index in [1.807, 2.05) is 0 Å². The predicted octanol–water partition coefficient (Wildman–Crippen LogP) is 2.18. The van der Waals surface area contributed by atoms with Crippen LogP contribution in [0.4, 0.5) is 0 Å². The second-order valence-electron chi connectivity index (χ2n) is 10.7. The molecule has 6 rings (SSSR count). The van der Waals surface area contributed by atoms with E-state index in [2.05, 4.69) is 113 Å². The second-order valence-corrected chi connectivity index (χ2v) is 25.3. The van der Waals surface area contributed by atoms with E-state index in [1.165, 1.54) is 50.1 Å². The van der Waals surface area contributed by atoms with Crippen LogP contribution in [0.3, 0.4) is 0 Å². The smallest absolute Gasteiger partial charge is 1.00 e. The molecule has 0 saturated carbocycles. The SMILES string of the molecule is CCC1=Cc2c(-c3cccc(C)c3C)cccc2C1c1[c]([Zr+2][SiH](C)C)ccc2c1Cc1ccccc1-2.[Cl-].[Cl-]. The van der Waals surface area contributed by atoms with Crippen molar-refractivity contribution in [3.8, 4) is 22.3 Å². The molecule has 0 fully saturated rings. The van der Waals surface area contributed by atoms with Crippen LogP contribution < -0.4 is 28.1 Å².